The molecular formula is C15H12Br2N2O. The van der Waals surface area contributed by atoms with Crippen molar-refractivity contribution in [1.82, 2.24) is 9.38 Å². The predicted molar refractivity (Wildman–Crippen MR) is 86.3 cm³/mol. The molecule has 20 heavy (non-hydrogen) atoms. The third-order valence-corrected chi connectivity index (χ3v) is 4.05. The van der Waals surface area contributed by atoms with E-state index in [1.807, 2.05) is 53.2 Å². The fourth-order valence-corrected chi connectivity index (χ4v) is 2.85. The van der Waals surface area contributed by atoms with Crippen LogP contribution in [0.4, 0.5) is 0 Å². The van der Waals surface area contributed by atoms with Gasteiger partial charge in [0.15, 0.2) is 0 Å². The fourth-order valence-electron chi connectivity index (χ4n) is 2.00. The summed E-state index contributed by atoms with van der Waals surface area (Å²) in [4.78, 5) is 4.52. The molecule has 0 bridgehead atoms. The van der Waals surface area contributed by atoms with Crippen LogP contribution in [0.5, 0.6) is 5.75 Å². The first-order valence-corrected chi connectivity index (χ1v) is 8.07. The summed E-state index contributed by atoms with van der Waals surface area (Å²) in [6.45, 7) is 0.462. The summed E-state index contributed by atoms with van der Waals surface area (Å²) in [5.74, 6) is 0.877. The fraction of sp³-hybridized carbons (Fsp3) is 0.133. The molecular weight excluding hydrogens is 384 g/mol. The van der Waals surface area contributed by atoms with Gasteiger partial charge in [-0.15, -0.1) is 0 Å². The highest BCUT2D eigenvalue weighted by Gasteiger charge is 2.06. The van der Waals surface area contributed by atoms with Crippen LogP contribution in [-0.2, 0) is 11.9 Å². The number of alkyl halides is 1. The Kier molecular flexibility index (Phi) is 4.08. The van der Waals surface area contributed by atoms with Crippen LogP contribution < -0.4 is 4.74 Å². The van der Waals surface area contributed by atoms with Crippen molar-refractivity contribution in [3.63, 3.8) is 0 Å². The molecule has 5 heteroatoms. The number of fused-ring (bicyclic) bond motifs is 1. The number of halogens is 2. The molecule has 0 atom stereocenters. The van der Waals surface area contributed by atoms with Gasteiger partial charge in [-0.1, -0.05) is 37.9 Å². The maximum Gasteiger partial charge on any atom is 0.137 e. The maximum atomic E-state index is 5.87. The molecule has 0 radical (unpaired) electrons. The molecule has 3 aromatic rings. The molecule has 1 aromatic carbocycles. The van der Waals surface area contributed by atoms with E-state index in [0.29, 0.717) is 6.61 Å². The van der Waals surface area contributed by atoms with Crippen LogP contribution in [-0.4, -0.2) is 9.38 Å². The van der Waals surface area contributed by atoms with E-state index in [9.17, 15) is 0 Å². The number of nitrogens with zero attached hydrogens (tertiary/aromatic N) is 2. The first kappa shape index (κ1) is 13.6. The highest BCUT2D eigenvalue weighted by Crippen LogP contribution is 2.26. The van der Waals surface area contributed by atoms with Crippen LogP contribution >= 0.6 is 31.9 Å². The lowest BCUT2D eigenvalue weighted by Gasteiger charge is -2.09. The largest absolute Gasteiger partial charge is 0.487 e. The Bertz CT molecular complexity index is 707. The first-order valence-electron chi connectivity index (χ1n) is 6.16. The summed E-state index contributed by atoms with van der Waals surface area (Å²) in [6, 6.07) is 11.9. The SMILES string of the molecule is BrCc1cc(Br)ccc1OCc1cn2ccccc2n1. The van der Waals surface area contributed by atoms with Crippen molar-refractivity contribution in [1.29, 1.82) is 0 Å². The van der Waals surface area contributed by atoms with Crippen LogP contribution in [0.2, 0.25) is 0 Å². The van der Waals surface area contributed by atoms with Crippen LogP contribution in [0.25, 0.3) is 5.65 Å². The average Bonchev–Trinajstić information content (AvgIpc) is 2.88. The third kappa shape index (κ3) is 2.88. The Morgan fingerprint density at radius 1 is 1.20 bits per heavy atom. The van der Waals surface area contributed by atoms with Gasteiger partial charge in [0.05, 0.1) is 5.69 Å². The summed E-state index contributed by atoms with van der Waals surface area (Å²) >= 11 is 6.94. The highest BCUT2D eigenvalue weighted by molar-refractivity contribution is 9.10. The van der Waals surface area contributed by atoms with Crippen LogP contribution in [0.1, 0.15) is 11.3 Å². The van der Waals surface area contributed by atoms with Crippen molar-refractivity contribution in [3.05, 3.63) is 64.5 Å². The zero-order chi connectivity index (χ0) is 13.9. The Morgan fingerprint density at radius 3 is 2.90 bits per heavy atom. The van der Waals surface area contributed by atoms with Crippen LogP contribution in [0, 0.1) is 0 Å². The highest BCUT2D eigenvalue weighted by atomic mass is 79.9. The summed E-state index contributed by atoms with van der Waals surface area (Å²) in [6.07, 6.45) is 3.97. The van der Waals surface area contributed by atoms with Gasteiger partial charge in [-0.3, -0.25) is 0 Å². The molecule has 3 rings (SSSR count). The Morgan fingerprint density at radius 2 is 2.10 bits per heavy atom. The minimum atomic E-state index is 0.462. The van der Waals surface area contributed by atoms with E-state index in [1.165, 1.54) is 0 Å². The lowest BCUT2D eigenvalue weighted by Crippen LogP contribution is -1.98. The average molecular weight is 396 g/mol. The number of hydrogen-bond donors (Lipinski definition) is 0. The van der Waals surface area contributed by atoms with Crippen LogP contribution in [0.15, 0.2) is 53.3 Å². The van der Waals surface area contributed by atoms with E-state index in [0.717, 1.165) is 32.5 Å². The minimum Gasteiger partial charge on any atom is -0.487 e. The second-order valence-electron chi connectivity index (χ2n) is 4.37. The summed E-state index contributed by atoms with van der Waals surface area (Å²) in [5, 5.41) is 0.757. The van der Waals surface area contributed by atoms with E-state index < -0.39 is 0 Å². The zero-order valence-electron chi connectivity index (χ0n) is 10.6. The molecule has 0 saturated heterocycles. The van der Waals surface area contributed by atoms with Crippen LogP contribution in [0.3, 0.4) is 0 Å². The van der Waals surface area contributed by atoms with E-state index >= 15 is 0 Å². The number of imidazole rings is 1. The Labute approximate surface area is 133 Å². The molecule has 0 saturated carbocycles. The maximum absolute atomic E-state index is 5.87. The molecule has 0 unspecified atom stereocenters. The molecule has 0 amide bonds. The smallest absolute Gasteiger partial charge is 0.137 e. The van der Waals surface area contributed by atoms with Gasteiger partial charge in [0.25, 0.3) is 0 Å². The molecule has 0 N–H and O–H groups in total. The normalized spacial score (nSPS) is 10.9. The lowest BCUT2D eigenvalue weighted by molar-refractivity contribution is 0.300. The minimum absolute atomic E-state index is 0.462. The number of pyridine rings is 1. The summed E-state index contributed by atoms with van der Waals surface area (Å²) < 4.78 is 8.91. The lowest BCUT2D eigenvalue weighted by atomic mass is 10.2. The molecule has 2 heterocycles. The molecule has 3 nitrogen and oxygen atoms in total. The third-order valence-electron chi connectivity index (χ3n) is 2.96. The van der Waals surface area contributed by atoms with Gasteiger partial charge >= 0.3 is 0 Å². The van der Waals surface area contributed by atoms with E-state index in [1.54, 1.807) is 0 Å². The van der Waals surface area contributed by atoms with Crippen molar-refractivity contribution in [2.24, 2.45) is 0 Å². The zero-order valence-corrected chi connectivity index (χ0v) is 13.8. The Hall–Kier alpha value is -1.33. The molecule has 0 spiro atoms. The van der Waals surface area contributed by atoms with Gasteiger partial charge in [0.2, 0.25) is 0 Å². The molecule has 0 aliphatic rings. The van der Waals surface area contributed by atoms with Gasteiger partial charge < -0.3 is 9.14 Å². The number of benzene rings is 1. The number of aromatic nitrogens is 2. The second-order valence-corrected chi connectivity index (χ2v) is 5.85. The monoisotopic (exact) mass is 394 g/mol. The van der Waals surface area contributed by atoms with E-state index in [4.69, 9.17) is 4.74 Å². The van der Waals surface area contributed by atoms with Crippen molar-refractivity contribution in [2.75, 3.05) is 0 Å². The molecule has 0 aliphatic heterocycles. The number of ether oxygens (including phenoxy) is 1. The van der Waals surface area contributed by atoms with E-state index in [2.05, 4.69) is 36.8 Å². The van der Waals surface area contributed by atoms with Gasteiger partial charge in [-0.2, -0.15) is 0 Å². The predicted octanol–water partition coefficient (Wildman–Crippen LogP) is 4.57. The van der Waals surface area contributed by atoms with Crippen molar-refractivity contribution in [3.8, 4) is 5.75 Å². The van der Waals surface area contributed by atoms with Gasteiger partial charge in [0.1, 0.15) is 18.0 Å². The Balaban J connectivity index is 1.79. The number of hydrogen-bond acceptors (Lipinski definition) is 2. The molecule has 2 aromatic heterocycles. The van der Waals surface area contributed by atoms with Gasteiger partial charge in [-0.25, -0.2) is 4.98 Å². The molecule has 0 fully saturated rings. The van der Waals surface area contributed by atoms with E-state index in [-0.39, 0.29) is 0 Å². The topological polar surface area (TPSA) is 26.5 Å². The summed E-state index contributed by atoms with van der Waals surface area (Å²) in [7, 11) is 0. The van der Waals surface area contributed by atoms with Crippen molar-refractivity contribution < 1.29 is 4.74 Å². The standard InChI is InChI=1S/C15H12Br2N2O/c16-8-11-7-12(17)4-5-14(11)20-10-13-9-19-6-2-1-3-15(19)18-13/h1-7,9H,8,10H2. The summed E-state index contributed by atoms with van der Waals surface area (Å²) in [5.41, 5.74) is 2.96. The van der Waals surface area contributed by atoms with Crippen molar-refractivity contribution in [2.45, 2.75) is 11.9 Å². The van der Waals surface area contributed by atoms with Crippen molar-refractivity contribution >= 4 is 37.5 Å². The quantitative estimate of drug-likeness (QED) is 0.605. The molecule has 102 valence electrons. The number of rotatable bonds is 4. The first-order chi connectivity index (χ1) is 9.76. The molecule has 0 aliphatic carbocycles. The van der Waals surface area contributed by atoms with Gasteiger partial charge in [0, 0.05) is 27.8 Å². The second kappa shape index (κ2) is 5.97. The van der Waals surface area contributed by atoms with Gasteiger partial charge in [-0.05, 0) is 30.3 Å².